The lowest BCUT2D eigenvalue weighted by Crippen LogP contribution is -2.39. The van der Waals surface area contributed by atoms with Crippen LogP contribution in [0.4, 0.5) is 11.5 Å². The number of hydrogen-bond acceptors (Lipinski definition) is 5. The quantitative estimate of drug-likeness (QED) is 0.686. The molecule has 0 spiro atoms. The van der Waals surface area contributed by atoms with Gasteiger partial charge in [0.25, 0.3) is 5.56 Å². The number of hydrogen-bond donors (Lipinski definition) is 3. The van der Waals surface area contributed by atoms with E-state index in [2.05, 4.69) is 17.2 Å². The SMILES string of the molecule is CCCC(C)(C)Nc1c(N)n(CCOC)c(=O)[nH]c1=O. The molecule has 1 rings (SSSR count). The number of nitrogens with one attached hydrogen (secondary N) is 2. The van der Waals surface area contributed by atoms with Crippen molar-refractivity contribution in [2.75, 3.05) is 24.8 Å². The van der Waals surface area contributed by atoms with Crippen LogP contribution in [0.1, 0.15) is 33.6 Å². The molecule has 0 aliphatic rings. The lowest BCUT2D eigenvalue weighted by Gasteiger charge is -2.27. The van der Waals surface area contributed by atoms with Crippen molar-refractivity contribution in [1.82, 2.24) is 9.55 Å². The van der Waals surface area contributed by atoms with E-state index in [4.69, 9.17) is 10.5 Å². The van der Waals surface area contributed by atoms with Gasteiger partial charge in [-0.2, -0.15) is 0 Å². The average molecular weight is 284 g/mol. The number of aromatic amines is 1. The van der Waals surface area contributed by atoms with Crippen LogP contribution in [0.3, 0.4) is 0 Å². The number of anilines is 2. The van der Waals surface area contributed by atoms with Gasteiger partial charge in [-0.1, -0.05) is 13.3 Å². The summed E-state index contributed by atoms with van der Waals surface area (Å²) in [5, 5.41) is 3.13. The van der Waals surface area contributed by atoms with Crippen LogP contribution in [0.2, 0.25) is 0 Å². The van der Waals surface area contributed by atoms with Crippen LogP contribution < -0.4 is 22.3 Å². The van der Waals surface area contributed by atoms with E-state index in [0.717, 1.165) is 12.8 Å². The van der Waals surface area contributed by atoms with Gasteiger partial charge in [0, 0.05) is 12.6 Å². The van der Waals surface area contributed by atoms with E-state index in [0.29, 0.717) is 13.2 Å². The van der Waals surface area contributed by atoms with E-state index in [-0.39, 0.29) is 17.0 Å². The normalized spacial score (nSPS) is 11.6. The first-order chi connectivity index (χ1) is 9.32. The lowest BCUT2D eigenvalue weighted by atomic mass is 9.99. The van der Waals surface area contributed by atoms with Gasteiger partial charge >= 0.3 is 5.69 Å². The largest absolute Gasteiger partial charge is 0.383 e. The molecule has 7 nitrogen and oxygen atoms in total. The Hall–Kier alpha value is -1.76. The maximum absolute atomic E-state index is 11.9. The van der Waals surface area contributed by atoms with Crippen LogP contribution in [0, 0.1) is 0 Å². The van der Waals surface area contributed by atoms with Gasteiger partial charge in [0.15, 0.2) is 0 Å². The number of nitrogens with two attached hydrogens (primary N) is 1. The lowest BCUT2D eigenvalue weighted by molar-refractivity contribution is 0.186. The molecule has 1 heterocycles. The predicted molar refractivity (Wildman–Crippen MR) is 80.2 cm³/mol. The topological polar surface area (TPSA) is 102 Å². The predicted octanol–water partition coefficient (Wildman–Crippen LogP) is 0.756. The van der Waals surface area contributed by atoms with Crippen molar-refractivity contribution in [3.05, 3.63) is 20.8 Å². The molecular weight excluding hydrogens is 260 g/mol. The summed E-state index contributed by atoms with van der Waals surface area (Å²) in [6, 6.07) is 0. The summed E-state index contributed by atoms with van der Waals surface area (Å²) in [7, 11) is 1.54. The van der Waals surface area contributed by atoms with Crippen molar-refractivity contribution >= 4 is 11.5 Å². The summed E-state index contributed by atoms with van der Waals surface area (Å²) >= 11 is 0. The van der Waals surface area contributed by atoms with Crippen molar-refractivity contribution in [2.45, 2.75) is 45.7 Å². The molecule has 0 fully saturated rings. The number of nitrogen functional groups attached to an aromatic ring is 1. The van der Waals surface area contributed by atoms with E-state index in [1.54, 1.807) is 0 Å². The summed E-state index contributed by atoms with van der Waals surface area (Å²) in [5.74, 6) is 0.139. The second-order valence-electron chi connectivity index (χ2n) is 5.42. The van der Waals surface area contributed by atoms with Gasteiger partial charge < -0.3 is 15.8 Å². The first-order valence-corrected chi connectivity index (χ1v) is 6.72. The molecule has 0 saturated carbocycles. The highest BCUT2D eigenvalue weighted by atomic mass is 16.5. The zero-order valence-electron chi connectivity index (χ0n) is 12.6. The van der Waals surface area contributed by atoms with Crippen LogP contribution >= 0.6 is 0 Å². The van der Waals surface area contributed by atoms with Crippen LogP contribution in [0.15, 0.2) is 9.59 Å². The number of rotatable bonds is 7. The first-order valence-electron chi connectivity index (χ1n) is 6.72. The summed E-state index contributed by atoms with van der Waals surface area (Å²) in [4.78, 5) is 26.0. The fourth-order valence-corrected chi connectivity index (χ4v) is 2.14. The highest BCUT2D eigenvalue weighted by molar-refractivity contribution is 5.61. The number of nitrogens with zero attached hydrogens (tertiary/aromatic N) is 1. The number of aromatic nitrogens is 2. The second kappa shape index (κ2) is 6.60. The Morgan fingerprint density at radius 1 is 1.40 bits per heavy atom. The monoisotopic (exact) mass is 284 g/mol. The van der Waals surface area contributed by atoms with Crippen LogP contribution in [0.5, 0.6) is 0 Å². The Bertz CT molecular complexity index is 560. The molecule has 0 aliphatic carbocycles. The zero-order chi connectivity index (χ0) is 15.3. The Labute approximate surface area is 118 Å². The summed E-state index contributed by atoms with van der Waals surface area (Å²) in [6.45, 7) is 6.67. The van der Waals surface area contributed by atoms with E-state index < -0.39 is 11.2 Å². The minimum Gasteiger partial charge on any atom is -0.383 e. The van der Waals surface area contributed by atoms with Gasteiger partial charge in [-0.15, -0.1) is 0 Å². The average Bonchev–Trinajstić information content (AvgIpc) is 2.34. The van der Waals surface area contributed by atoms with Crippen molar-refractivity contribution in [1.29, 1.82) is 0 Å². The smallest absolute Gasteiger partial charge is 0.330 e. The molecule has 1 aromatic heterocycles. The molecule has 0 saturated heterocycles. The third kappa shape index (κ3) is 3.86. The van der Waals surface area contributed by atoms with E-state index in [1.165, 1.54) is 11.7 Å². The van der Waals surface area contributed by atoms with Gasteiger partial charge in [-0.25, -0.2) is 4.79 Å². The van der Waals surface area contributed by atoms with Crippen LogP contribution in [-0.2, 0) is 11.3 Å². The molecule has 20 heavy (non-hydrogen) atoms. The molecule has 0 aromatic carbocycles. The second-order valence-corrected chi connectivity index (χ2v) is 5.42. The Balaban J connectivity index is 3.20. The molecule has 0 bridgehead atoms. The molecular formula is C13H24N4O3. The molecule has 0 radical (unpaired) electrons. The molecule has 0 aliphatic heterocycles. The van der Waals surface area contributed by atoms with Crippen LogP contribution in [0.25, 0.3) is 0 Å². The van der Waals surface area contributed by atoms with Gasteiger partial charge in [-0.05, 0) is 20.3 Å². The summed E-state index contributed by atoms with van der Waals surface area (Å²) in [5.41, 5.74) is 4.89. The molecule has 1 aromatic rings. The molecule has 0 atom stereocenters. The third-order valence-corrected chi connectivity index (χ3v) is 3.10. The standard InChI is InChI=1S/C13H24N4O3/c1-5-6-13(2,3)16-9-10(14)17(7-8-20-4)12(19)15-11(9)18/h16H,5-8,14H2,1-4H3,(H,15,18,19). The Morgan fingerprint density at radius 2 is 2.05 bits per heavy atom. The number of methoxy groups -OCH3 is 1. The van der Waals surface area contributed by atoms with E-state index >= 15 is 0 Å². The van der Waals surface area contributed by atoms with Crippen LogP contribution in [-0.4, -0.2) is 28.8 Å². The maximum Gasteiger partial charge on any atom is 0.330 e. The summed E-state index contributed by atoms with van der Waals surface area (Å²) < 4.78 is 6.24. The summed E-state index contributed by atoms with van der Waals surface area (Å²) in [6.07, 6.45) is 1.85. The fraction of sp³-hybridized carbons (Fsp3) is 0.692. The molecule has 4 N–H and O–H groups in total. The number of ether oxygens (including phenoxy) is 1. The highest BCUT2D eigenvalue weighted by Gasteiger charge is 2.21. The fourth-order valence-electron chi connectivity index (χ4n) is 2.14. The van der Waals surface area contributed by atoms with Gasteiger partial charge in [0.05, 0.1) is 13.2 Å². The van der Waals surface area contributed by atoms with Crippen molar-refractivity contribution in [3.8, 4) is 0 Å². The highest BCUT2D eigenvalue weighted by Crippen LogP contribution is 2.20. The van der Waals surface area contributed by atoms with Gasteiger partial charge in [0.1, 0.15) is 11.5 Å². The van der Waals surface area contributed by atoms with E-state index in [9.17, 15) is 9.59 Å². The van der Waals surface area contributed by atoms with Crippen molar-refractivity contribution in [3.63, 3.8) is 0 Å². The first kappa shape index (κ1) is 16.3. The minimum absolute atomic E-state index is 0.139. The maximum atomic E-state index is 11.9. The van der Waals surface area contributed by atoms with Gasteiger partial charge in [-0.3, -0.25) is 14.3 Å². The molecule has 0 amide bonds. The Kier molecular flexibility index (Phi) is 5.38. The van der Waals surface area contributed by atoms with Gasteiger partial charge in [0.2, 0.25) is 0 Å². The zero-order valence-corrected chi connectivity index (χ0v) is 12.6. The van der Waals surface area contributed by atoms with Crippen molar-refractivity contribution in [2.24, 2.45) is 0 Å². The van der Waals surface area contributed by atoms with E-state index in [1.807, 2.05) is 13.8 Å². The minimum atomic E-state index is -0.525. The number of H-pyrrole nitrogens is 1. The molecule has 0 unspecified atom stereocenters. The third-order valence-electron chi connectivity index (χ3n) is 3.10. The van der Waals surface area contributed by atoms with Crippen molar-refractivity contribution < 1.29 is 4.74 Å². The molecule has 114 valence electrons. The Morgan fingerprint density at radius 3 is 2.60 bits per heavy atom. The molecule has 7 heteroatoms.